The van der Waals surface area contributed by atoms with Crippen LogP contribution in [0.1, 0.15) is 12.5 Å². The molecule has 0 spiro atoms. The maximum atomic E-state index is 12.4. The van der Waals surface area contributed by atoms with Crippen LogP contribution < -0.4 is 9.04 Å². The number of hydrogen-bond donors (Lipinski definition) is 0. The molecule has 0 aromatic heterocycles. The fourth-order valence-corrected chi connectivity index (χ4v) is 3.56. The van der Waals surface area contributed by atoms with Crippen LogP contribution in [0.2, 0.25) is 0 Å². The highest BCUT2D eigenvalue weighted by Crippen LogP contribution is 2.34. The van der Waals surface area contributed by atoms with Crippen LogP contribution in [0.25, 0.3) is 0 Å². The predicted octanol–water partition coefficient (Wildman–Crippen LogP) is 3.13. The van der Waals surface area contributed by atoms with Crippen molar-refractivity contribution in [3.63, 3.8) is 0 Å². The summed E-state index contributed by atoms with van der Waals surface area (Å²) in [5, 5.41) is 0. The fraction of sp³-hybridized carbons (Fsp3) is 0.200. The average molecular weight is 273 g/mol. The van der Waals surface area contributed by atoms with E-state index < -0.39 is 11.4 Å². The Labute approximate surface area is 116 Å². The molecule has 1 atom stereocenters. The van der Waals surface area contributed by atoms with E-state index in [1.54, 1.807) is 0 Å². The Morgan fingerprint density at radius 1 is 1.16 bits per heavy atom. The van der Waals surface area contributed by atoms with Crippen molar-refractivity contribution in [1.82, 2.24) is 0 Å². The topological polar surface area (TPSA) is 35.5 Å². The van der Waals surface area contributed by atoms with Crippen molar-refractivity contribution in [2.24, 2.45) is 0 Å². The van der Waals surface area contributed by atoms with Gasteiger partial charge in [0.05, 0.1) is 18.8 Å². The van der Waals surface area contributed by atoms with Gasteiger partial charge in [-0.3, -0.25) is 0 Å². The maximum Gasteiger partial charge on any atom is 0.185 e. The normalized spacial score (nSPS) is 17.4. The minimum Gasteiger partial charge on any atom is -0.588 e. The molecule has 0 N–H and O–H groups in total. The van der Waals surface area contributed by atoms with Crippen molar-refractivity contribution in [2.45, 2.75) is 18.4 Å². The van der Waals surface area contributed by atoms with Crippen LogP contribution >= 0.6 is 0 Å². The van der Waals surface area contributed by atoms with E-state index in [4.69, 9.17) is 4.74 Å². The monoisotopic (exact) mass is 273 g/mol. The van der Waals surface area contributed by atoms with E-state index in [1.165, 1.54) is 0 Å². The summed E-state index contributed by atoms with van der Waals surface area (Å²) in [6.45, 7) is 3.30. The summed E-state index contributed by atoms with van der Waals surface area (Å²) in [6.07, 6.45) is 0. The molecule has 0 fully saturated rings. The molecule has 19 heavy (non-hydrogen) atoms. The highest BCUT2D eigenvalue weighted by atomic mass is 32.2. The Morgan fingerprint density at radius 2 is 1.89 bits per heavy atom. The Morgan fingerprint density at radius 3 is 2.58 bits per heavy atom. The molecule has 98 valence electrons. The van der Waals surface area contributed by atoms with Crippen molar-refractivity contribution in [1.29, 1.82) is 0 Å². The third-order valence-electron chi connectivity index (χ3n) is 3.11. The third kappa shape index (κ3) is 2.29. The molecule has 4 heteroatoms. The lowest BCUT2D eigenvalue weighted by molar-refractivity contribution is 0.340. The standard InChI is InChI=1S/C15H15NO2S/c1-2-18-14-9-7-13(8-10-14)16-11-12-5-3-4-6-15(12)19(16)17/h3-10H,2,11H2,1H3. The summed E-state index contributed by atoms with van der Waals surface area (Å²) in [6, 6.07) is 15.6. The lowest BCUT2D eigenvalue weighted by Gasteiger charge is -2.18. The molecule has 2 aromatic rings. The van der Waals surface area contributed by atoms with Crippen molar-refractivity contribution < 1.29 is 9.29 Å². The molecule has 1 unspecified atom stereocenters. The molecule has 2 aromatic carbocycles. The first-order valence-electron chi connectivity index (χ1n) is 6.30. The summed E-state index contributed by atoms with van der Waals surface area (Å²) >= 11 is -1.10. The minimum atomic E-state index is -1.10. The third-order valence-corrected chi connectivity index (χ3v) is 4.63. The largest absolute Gasteiger partial charge is 0.588 e. The fourth-order valence-electron chi connectivity index (χ4n) is 2.20. The van der Waals surface area contributed by atoms with Crippen LogP contribution in [0.4, 0.5) is 5.69 Å². The summed E-state index contributed by atoms with van der Waals surface area (Å²) in [7, 11) is 0. The molecule has 0 aliphatic carbocycles. The first-order valence-corrected chi connectivity index (χ1v) is 7.40. The van der Waals surface area contributed by atoms with Crippen molar-refractivity contribution >= 4 is 17.0 Å². The van der Waals surface area contributed by atoms with Gasteiger partial charge in [0.1, 0.15) is 17.1 Å². The predicted molar refractivity (Wildman–Crippen MR) is 76.6 cm³/mol. The zero-order chi connectivity index (χ0) is 13.2. The van der Waals surface area contributed by atoms with Crippen molar-refractivity contribution in [2.75, 3.05) is 10.9 Å². The molecule has 0 amide bonds. The molecular formula is C15H15NO2S. The highest BCUT2D eigenvalue weighted by molar-refractivity contribution is 7.93. The zero-order valence-electron chi connectivity index (χ0n) is 10.7. The molecule has 3 nitrogen and oxygen atoms in total. The molecule has 0 radical (unpaired) electrons. The van der Waals surface area contributed by atoms with Gasteiger partial charge in [0.2, 0.25) is 0 Å². The van der Waals surface area contributed by atoms with Gasteiger partial charge in [-0.15, -0.1) is 0 Å². The van der Waals surface area contributed by atoms with E-state index >= 15 is 0 Å². The summed E-state index contributed by atoms with van der Waals surface area (Å²) in [4.78, 5) is 0.913. The van der Waals surface area contributed by atoms with Crippen LogP contribution in [0.5, 0.6) is 5.75 Å². The molecular weight excluding hydrogens is 258 g/mol. The summed E-state index contributed by atoms with van der Waals surface area (Å²) < 4.78 is 19.7. The SMILES string of the molecule is CCOc1ccc(N2Cc3ccccc3[S+]2[O-])cc1. The Hall–Kier alpha value is -1.65. The van der Waals surface area contributed by atoms with Gasteiger partial charge >= 0.3 is 0 Å². The maximum absolute atomic E-state index is 12.4. The van der Waals surface area contributed by atoms with Gasteiger partial charge in [-0.2, -0.15) is 4.31 Å². The molecule has 3 rings (SSSR count). The van der Waals surface area contributed by atoms with Gasteiger partial charge in [-0.05, 0) is 37.3 Å². The molecule has 0 bridgehead atoms. The molecule has 1 aliphatic rings. The van der Waals surface area contributed by atoms with Crippen LogP contribution in [0.3, 0.4) is 0 Å². The number of anilines is 1. The molecule has 1 aliphatic heterocycles. The van der Waals surface area contributed by atoms with Gasteiger partial charge in [-0.25, -0.2) is 0 Å². The Kier molecular flexibility index (Phi) is 3.36. The van der Waals surface area contributed by atoms with Crippen LogP contribution in [0, 0.1) is 0 Å². The van der Waals surface area contributed by atoms with Gasteiger partial charge < -0.3 is 9.29 Å². The molecule has 1 heterocycles. The van der Waals surface area contributed by atoms with E-state index in [0.29, 0.717) is 13.2 Å². The number of rotatable bonds is 3. The van der Waals surface area contributed by atoms with Gasteiger partial charge in [0.15, 0.2) is 4.90 Å². The number of fused-ring (bicyclic) bond motifs is 1. The second kappa shape index (κ2) is 5.15. The summed E-state index contributed by atoms with van der Waals surface area (Å²) in [5.74, 6) is 0.841. The number of ether oxygens (including phenoxy) is 1. The lowest BCUT2D eigenvalue weighted by Crippen LogP contribution is -2.23. The Bertz CT molecular complexity index is 571. The van der Waals surface area contributed by atoms with E-state index in [0.717, 1.165) is 21.9 Å². The second-order valence-electron chi connectivity index (χ2n) is 4.32. The van der Waals surface area contributed by atoms with Gasteiger partial charge in [0, 0.05) is 5.56 Å². The molecule has 0 saturated heterocycles. The van der Waals surface area contributed by atoms with E-state index in [9.17, 15) is 4.55 Å². The number of benzene rings is 2. The average Bonchev–Trinajstić information content (AvgIpc) is 2.78. The minimum absolute atomic E-state index is 0.653. The van der Waals surface area contributed by atoms with Crippen LogP contribution in [-0.4, -0.2) is 11.2 Å². The van der Waals surface area contributed by atoms with E-state index in [2.05, 4.69) is 0 Å². The number of nitrogens with zero attached hydrogens (tertiary/aromatic N) is 1. The van der Waals surface area contributed by atoms with Crippen LogP contribution in [-0.2, 0) is 17.9 Å². The Balaban J connectivity index is 1.85. The molecule has 0 saturated carbocycles. The second-order valence-corrected chi connectivity index (χ2v) is 5.70. The van der Waals surface area contributed by atoms with Crippen LogP contribution in [0.15, 0.2) is 53.4 Å². The number of hydrogen-bond acceptors (Lipinski definition) is 3. The summed E-state index contributed by atoms with van der Waals surface area (Å²) in [5.41, 5.74) is 2.09. The first kappa shape index (κ1) is 12.4. The highest BCUT2D eigenvalue weighted by Gasteiger charge is 2.33. The smallest absolute Gasteiger partial charge is 0.185 e. The lowest BCUT2D eigenvalue weighted by atomic mass is 10.2. The van der Waals surface area contributed by atoms with Gasteiger partial charge in [-0.1, -0.05) is 18.2 Å². The van der Waals surface area contributed by atoms with Crippen molar-refractivity contribution in [3.05, 3.63) is 54.1 Å². The van der Waals surface area contributed by atoms with E-state index in [-0.39, 0.29) is 0 Å². The zero-order valence-corrected chi connectivity index (χ0v) is 11.5. The van der Waals surface area contributed by atoms with Crippen molar-refractivity contribution in [3.8, 4) is 5.75 Å². The van der Waals surface area contributed by atoms with E-state index in [1.807, 2.05) is 59.8 Å². The quantitative estimate of drug-likeness (QED) is 0.806. The van der Waals surface area contributed by atoms with Gasteiger partial charge in [0.25, 0.3) is 0 Å². The first-order chi connectivity index (χ1) is 9.29.